The normalized spacial score (nSPS) is 18.4. The van der Waals surface area contributed by atoms with Gasteiger partial charge in [0.15, 0.2) is 11.5 Å². The van der Waals surface area contributed by atoms with E-state index in [0.717, 1.165) is 5.69 Å². The lowest BCUT2D eigenvalue weighted by molar-refractivity contribution is -0.132. The molecular weight excluding hydrogens is 463 g/mol. The number of amides is 1. The van der Waals surface area contributed by atoms with Gasteiger partial charge >= 0.3 is 0 Å². The van der Waals surface area contributed by atoms with E-state index < -0.39 is 23.5 Å². The molecule has 1 atom stereocenters. The number of rotatable bonds is 4. The van der Waals surface area contributed by atoms with Gasteiger partial charge in [0, 0.05) is 37.1 Å². The SMILES string of the molecule is Cc1cc(/C(O)=C2\C(=O)C(=O)N(c3ccc4c(c3)OCCO4)C2c2ccc(N(C)C)cc2)ccc1F. The summed E-state index contributed by atoms with van der Waals surface area (Å²) in [6.07, 6.45) is 0. The lowest BCUT2D eigenvalue weighted by Gasteiger charge is -2.27. The Hall–Kier alpha value is -4.33. The maximum absolute atomic E-state index is 13.9. The molecule has 1 fully saturated rings. The fourth-order valence-electron chi connectivity index (χ4n) is 4.50. The van der Waals surface area contributed by atoms with E-state index in [2.05, 4.69) is 0 Å². The Kier molecular flexibility index (Phi) is 5.88. The van der Waals surface area contributed by atoms with Gasteiger partial charge in [-0.2, -0.15) is 0 Å². The third-order valence-electron chi connectivity index (χ3n) is 6.40. The van der Waals surface area contributed by atoms with E-state index in [1.807, 2.05) is 43.3 Å². The Balaban J connectivity index is 1.69. The summed E-state index contributed by atoms with van der Waals surface area (Å²) in [5.41, 5.74) is 2.49. The Morgan fingerprint density at radius 1 is 0.972 bits per heavy atom. The van der Waals surface area contributed by atoms with Crippen LogP contribution in [0.5, 0.6) is 11.5 Å². The fourth-order valence-corrected chi connectivity index (χ4v) is 4.50. The van der Waals surface area contributed by atoms with Gasteiger partial charge < -0.3 is 19.5 Å². The third kappa shape index (κ3) is 3.94. The number of aliphatic hydroxyl groups excluding tert-OH is 1. The average Bonchev–Trinajstić information content (AvgIpc) is 3.15. The van der Waals surface area contributed by atoms with Crippen LogP contribution in [0.3, 0.4) is 0 Å². The first-order valence-electron chi connectivity index (χ1n) is 11.5. The van der Waals surface area contributed by atoms with Crippen molar-refractivity contribution in [3.05, 3.63) is 88.7 Å². The Bertz CT molecular complexity index is 1400. The topological polar surface area (TPSA) is 79.3 Å². The second-order valence-electron chi connectivity index (χ2n) is 8.95. The van der Waals surface area contributed by atoms with Gasteiger partial charge in [-0.25, -0.2) is 4.39 Å². The van der Waals surface area contributed by atoms with Crippen LogP contribution in [-0.4, -0.2) is 44.1 Å². The van der Waals surface area contributed by atoms with Crippen LogP contribution in [0.1, 0.15) is 22.7 Å². The number of aryl methyl sites for hydroxylation is 1. The van der Waals surface area contributed by atoms with Gasteiger partial charge in [0.25, 0.3) is 11.7 Å². The standard InChI is InChI=1S/C28H25FN2O5/c1-16-14-18(6-10-21(16)29)26(32)24-25(17-4-7-19(8-5-17)30(2)3)31(28(34)27(24)33)20-9-11-22-23(15-20)36-13-12-35-22/h4-11,14-15,25,32H,12-13H2,1-3H3/b26-24+. The summed E-state index contributed by atoms with van der Waals surface area (Å²) in [6, 6.07) is 15.6. The number of nitrogens with zero attached hydrogens (tertiary/aromatic N) is 2. The minimum atomic E-state index is -0.908. The van der Waals surface area contributed by atoms with E-state index in [4.69, 9.17) is 9.47 Å². The zero-order valence-electron chi connectivity index (χ0n) is 20.1. The first-order valence-corrected chi connectivity index (χ1v) is 11.5. The van der Waals surface area contributed by atoms with Crippen LogP contribution < -0.4 is 19.3 Å². The first kappa shape index (κ1) is 23.4. The summed E-state index contributed by atoms with van der Waals surface area (Å²) in [5, 5.41) is 11.3. The summed E-state index contributed by atoms with van der Waals surface area (Å²) < 4.78 is 25.2. The molecule has 8 heteroatoms. The number of carbonyl (C=O) groups excluding carboxylic acids is 2. The highest BCUT2D eigenvalue weighted by atomic mass is 19.1. The van der Waals surface area contributed by atoms with Gasteiger partial charge in [0.05, 0.1) is 11.6 Å². The fraction of sp³-hybridized carbons (Fsp3) is 0.214. The molecule has 1 amide bonds. The zero-order chi connectivity index (χ0) is 25.6. The molecule has 3 aromatic carbocycles. The highest BCUT2D eigenvalue weighted by Crippen LogP contribution is 2.44. The summed E-state index contributed by atoms with van der Waals surface area (Å²) in [6.45, 7) is 2.36. The quantitative estimate of drug-likeness (QED) is 0.329. The number of halogens is 1. The molecule has 1 saturated heterocycles. The minimum absolute atomic E-state index is 0.0708. The molecule has 2 heterocycles. The highest BCUT2D eigenvalue weighted by molar-refractivity contribution is 6.51. The van der Waals surface area contributed by atoms with Crippen molar-refractivity contribution in [2.45, 2.75) is 13.0 Å². The lowest BCUT2D eigenvalue weighted by atomic mass is 9.94. The predicted octanol–water partition coefficient (Wildman–Crippen LogP) is 4.60. The molecule has 3 aromatic rings. The van der Waals surface area contributed by atoms with Gasteiger partial charge in [-0.3, -0.25) is 14.5 Å². The van der Waals surface area contributed by atoms with Crippen molar-refractivity contribution in [3.63, 3.8) is 0 Å². The molecular formula is C28H25FN2O5. The van der Waals surface area contributed by atoms with Crippen molar-refractivity contribution in [1.29, 1.82) is 0 Å². The monoisotopic (exact) mass is 488 g/mol. The van der Waals surface area contributed by atoms with Crippen LogP contribution in [0, 0.1) is 12.7 Å². The van der Waals surface area contributed by atoms with Crippen molar-refractivity contribution in [1.82, 2.24) is 0 Å². The predicted molar refractivity (Wildman–Crippen MR) is 134 cm³/mol. The number of carbonyl (C=O) groups is 2. The molecule has 1 unspecified atom stereocenters. The van der Waals surface area contributed by atoms with Crippen LogP contribution >= 0.6 is 0 Å². The number of benzene rings is 3. The summed E-state index contributed by atoms with van der Waals surface area (Å²) in [5.74, 6) is -1.39. The number of hydrogen-bond donors (Lipinski definition) is 1. The largest absolute Gasteiger partial charge is 0.507 e. The molecule has 0 saturated carbocycles. The molecule has 0 aliphatic carbocycles. The number of Topliss-reactive ketones (excluding diaryl/α,β-unsaturated/α-hetero) is 1. The van der Waals surface area contributed by atoms with E-state index in [-0.39, 0.29) is 16.9 Å². The molecule has 0 bridgehead atoms. The molecule has 7 nitrogen and oxygen atoms in total. The van der Waals surface area contributed by atoms with Crippen molar-refractivity contribution in [2.24, 2.45) is 0 Å². The molecule has 2 aliphatic heterocycles. The average molecular weight is 489 g/mol. The van der Waals surface area contributed by atoms with Crippen molar-refractivity contribution in [3.8, 4) is 11.5 Å². The van der Waals surface area contributed by atoms with E-state index in [1.165, 1.54) is 23.1 Å². The lowest BCUT2D eigenvalue weighted by Crippen LogP contribution is -2.29. The van der Waals surface area contributed by atoms with Crippen molar-refractivity contribution < 1.29 is 28.6 Å². The summed E-state index contributed by atoms with van der Waals surface area (Å²) >= 11 is 0. The second kappa shape index (κ2) is 9.03. The van der Waals surface area contributed by atoms with Gasteiger partial charge in [0.2, 0.25) is 0 Å². The number of hydrogen-bond acceptors (Lipinski definition) is 6. The second-order valence-corrected chi connectivity index (χ2v) is 8.95. The van der Waals surface area contributed by atoms with Crippen LogP contribution in [-0.2, 0) is 9.59 Å². The van der Waals surface area contributed by atoms with Crippen LogP contribution in [0.25, 0.3) is 5.76 Å². The van der Waals surface area contributed by atoms with Crippen LogP contribution in [0.2, 0.25) is 0 Å². The Labute approximate surface area is 208 Å². The molecule has 0 aromatic heterocycles. The van der Waals surface area contributed by atoms with Crippen LogP contribution in [0.15, 0.2) is 66.2 Å². The van der Waals surface area contributed by atoms with Gasteiger partial charge in [-0.05, 0) is 60.5 Å². The molecule has 0 spiro atoms. The van der Waals surface area contributed by atoms with Crippen molar-refractivity contribution >= 4 is 28.8 Å². The molecule has 2 aliphatic rings. The number of anilines is 2. The van der Waals surface area contributed by atoms with E-state index in [9.17, 15) is 19.1 Å². The van der Waals surface area contributed by atoms with E-state index in [0.29, 0.717) is 41.5 Å². The third-order valence-corrected chi connectivity index (χ3v) is 6.40. The molecule has 36 heavy (non-hydrogen) atoms. The number of ketones is 1. The molecule has 5 rings (SSSR count). The van der Waals surface area contributed by atoms with Gasteiger partial charge in [0.1, 0.15) is 24.8 Å². The van der Waals surface area contributed by atoms with Crippen LogP contribution in [0.4, 0.5) is 15.8 Å². The number of fused-ring (bicyclic) bond motifs is 1. The first-order chi connectivity index (χ1) is 17.3. The number of ether oxygens (including phenoxy) is 2. The van der Waals surface area contributed by atoms with Gasteiger partial charge in [-0.15, -0.1) is 0 Å². The minimum Gasteiger partial charge on any atom is -0.507 e. The molecule has 1 N–H and O–H groups in total. The summed E-state index contributed by atoms with van der Waals surface area (Å²) in [7, 11) is 3.82. The van der Waals surface area contributed by atoms with E-state index >= 15 is 0 Å². The van der Waals surface area contributed by atoms with E-state index in [1.54, 1.807) is 25.1 Å². The molecule has 0 radical (unpaired) electrons. The zero-order valence-corrected chi connectivity index (χ0v) is 20.1. The maximum atomic E-state index is 13.9. The smallest absolute Gasteiger partial charge is 0.300 e. The maximum Gasteiger partial charge on any atom is 0.300 e. The Morgan fingerprint density at radius 3 is 2.33 bits per heavy atom. The number of aliphatic hydroxyl groups is 1. The van der Waals surface area contributed by atoms with Crippen molar-refractivity contribution in [2.75, 3.05) is 37.1 Å². The summed E-state index contributed by atoms with van der Waals surface area (Å²) in [4.78, 5) is 30.0. The Morgan fingerprint density at radius 2 is 1.67 bits per heavy atom. The highest BCUT2D eigenvalue weighted by Gasteiger charge is 2.47. The van der Waals surface area contributed by atoms with Gasteiger partial charge in [-0.1, -0.05) is 12.1 Å². The molecule has 184 valence electrons.